The Morgan fingerprint density at radius 2 is 1.56 bits per heavy atom. The first kappa shape index (κ1) is 56.5. The van der Waals surface area contributed by atoms with Gasteiger partial charge in [-0.2, -0.15) is 0 Å². The van der Waals surface area contributed by atoms with Gasteiger partial charge in [0.05, 0.1) is 12.4 Å². The number of carbonyl (C=O) groups excluding carboxylic acids is 4. The predicted molar refractivity (Wildman–Crippen MR) is 289 cm³/mol. The minimum Gasteiger partial charge on any atom is -0.446 e. The quantitative estimate of drug-likeness (QED) is 0.0395. The van der Waals surface area contributed by atoms with E-state index in [-0.39, 0.29) is 41.4 Å². The lowest BCUT2D eigenvalue weighted by molar-refractivity contribution is -0.142. The third-order valence-corrected chi connectivity index (χ3v) is 19.1. The number of likely N-dealkylation sites (tertiary alicyclic amines) is 1. The molecule has 4 aliphatic carbocycles. The van der Waals surface area contributed by atoms with Gasteiger partial charge in [-0.15, -0.1) is 0 Å². The van der Waals surface area contributed by atoms with E-state index in [0.717, 1.165) is 56.0 Å². The zero-order valence-electron chi connectivity index (χ0n) is 45.9. The molecule has 11 atom stereocenters. The Bertz CT molecular complexity index is 2010. The van der Waals surface area contributed by atoms with Crippen LogP contribution in [0.2, 0.25) is 0 Å². The second-order valence-electron chi connectivity index (χ2n) is 24.0. The van der Waals surface area contributed by atoms with Crippen LogP contribution < -0.4 is 16.0 Å². The number of nitrogens with one attached hydrogen (secondary N) is 5. The van der Waals surface area contributed by atoms with Gasteiger partial charge in [-0.3, -0.25) is 19.3 Å². The number of ether oxygens (including phenoxy) is 1. The van der Waals surface area contributed by atoms with E-state index in [0.29, 0.717) is 74.4 Å². The molecule has 3 heterocycles. The van der Waals surface area contributed by atoms with Crippen LogP contribution in [0.5, 0.6) is 0 Å². The van der Waals surface area contributed by atoms with Crippen molar-refractivity contribution in [2.45, 2.75) is 225 Å². The number of hydrogen-bond donors (Lipinski definition) is 5. The van der Waals surface area contributed by atoms with E-state index in [2.05, 4.69) is 68.8 Å². The summed E-state index contributed by atoms with van der Waals surface area (Å²) in [6.07, 6.45) is 42.4. The fraction of sp³-hybridized carbons (Fsp3) is 0.797. The lowest BCUT2D eigenvalue weighted by Gasteiger charge is -2.61. The summed E-state index contributed by atoms with van der Waals surface area (Å²) in [6.45, 7) is 8.77. The summed E-state index contributed by atoms with van der Waals surface area (Å²) in [5.41, 5.74) is 1.37. The fourth-order valence-electron chi connectivity index (χ4n) is 14.8. The summed E-state index contributed by atoms with van der Waals surface area (Å²) in [6, 6.07) is -1.50. The number of hydrogen-bond acceptors (Lipinski definition) is 8. The number of aromatic amines is 2. The van der Waals surface area contributed by atoms with Gasteiger partial charge in [-0.25, -0.2) is 14.8 Å². The number of amides is 4. The summed E-state index contributed by atoms with van der Waals surface area (Å²) in [4.78, 5) is 73.0. The molecule has 5 fully saturated rings. The van der Waals surface area contributed by atoms with E-state index in [9.17, 15) is 19.2 Å². The molecule has 0 radical (unpaired) electrons. The van der Waals surface area contributed by atoms with Crippen molar-refractivity contribution in [3.05, 3.63) is 48.6 Å². The standard InChI is InChI=1S/C59H97N9O5/c1-6-7-8-9-10-11-12-13-14-15-16-17-18-19-20-21-33-64-57(72)73-47-28-31-59(3)44(37-47)22-25-48-49-26-23-43(58(49,2)32-29-50(48)59)24-27-54(69)66-46-39-51(55(70)63-34-30-53-61-35-36-62-53)68(41-46)56(71)52(67(4)5)38-45-40-60-42-65-45/h13-14,35-36,40,42-44,46-52H,6-12,15-34,37-39,41H2,1-5H3,(H,60,65)(H,61,62)(H,63,70)(H,64,72)(H,66,69)/b14-13-/t43?,44?,46-,47+,48?,49?,50?,51-,52?,58+,59-/m0/s1. The van der Waals surface area contributed by atoms with Crippen LogP contribution in [0, 0.1) is 40.4 Å². The molecule has 2 aromatic heterocycles. The molecular weight excluding hydrogens is 915 g/mol. The summed E-state index contributed by atoms with van der Waals surface area (Å²) in [7, 11) is 3.76. The maximum atomic E-state index is 14.3. The van der Waals surface area contributed by atoms with Crippen LogP contribution in [-0.2, 0) is 32.0 Å². The number of nitrogens with zero attached hydrogens (tertiary/aromatic N) is 4. The number of allylic oxidation sites excluding steroid dienone is 2. The number of fused-ring (bicyclic) bond motifs is 5. The van der Waals surface area contributed by atoms with E-state index >= 15 is 0 Å². The van der Waals surface area contributed by atoms with Crippen molar-refractivity contribution in [1.82, 2.24) is 45.7 Å². The summed E-state index contributed by atoms with van der Waals surface area (Å²) < 4.78 is 6.10. The molecule has 5 N–H and O–H groups in total. The smallest absolute Gasteiger partial charge is 0.407 e. The van der Waals surface area contributed by atoms with Crippen molar-refractivity contribution in [2.24, 2.45) is 40.4 Å². The largest absolute Gasteiger partial charge is 0.446 e. The van der Waals surface area contributed by atoms with Crippen molar-refractivity contribution in [2.75, 3.05) is 33.7 Å². The van der Waals surface area contributed by atoms with Gasteiger partial charge in [0.25, 0.3) is 0 Å². The molecule has 14 nitrogen and oxygen atoms in total. The highest BCUT2D eigenvalue weighted by atomic mass is 16.6. The SMILES string of the molecule is CCCCCCCC/C=C\CCCCCCCCNC(=O)O[C@@H]1CC[C@@]2(C)C(CCC3C2CC[C@]2(C)C(CCC(=O)N[C@H]4C[C@@H](C(=O)NCCc5ncc[nH]5)N(C(=O)C(Cc5cnc[nH]5)N(C)C)C4)CCC32)C1. The van der Waals surface area contributed by atoms with Gasteiger partial charge in [0.1, 0.15) is 18.0 Å². The Balaban J connectivity index is 0.805. The van der Waals surface area contributed by atoms with E-state index < -0.39 is 12.1 Å². The second-order valence-corrected chi connectivity index (χ2v) is 24.0. The van der Waals surface area contributed by atoms with Crippen LogP contribution in [0.4, 0.5) is 4.79 Å². The number of likely N-dealkylation sites (N-methyl/N-ethyl adjacent to an activating group) is 1. The summed E-state index contributed by atoms with van der Waals surface area (Å²) in [5, 5.41) is 9.40. The molecule has 4 amide bonds. The topological polar surface area (TPSA) is 177 Å². The molecule has 1 aliphatic heterocycles. The van der Waals surface area contributed by atoms with Crippen LogP contribution in [0.3, 0.4) is 0 Å². The second kappa shape index (κ2) is 28.1. The molecule has 0 bridgehead atoms. The Labute approximate surface area is 439 Å². The van der Waals surface area contributed by atoms with Crippen LogP contribution in [0.15, 0.2) is 37.1 Å². The Morgan fingerprint density at radius 3 is 2.27 bits per heavy atom. The third-order valence-electron chi connectivity index (χ3n) is 19.1. The molecule has 408 valence electrons. The zero-order valence-corrected chi connectivity index (χ0v) is 45.9. The molecule has 14 heteroatoms. The van der Waals surface area contributed by atoms with Gasteiger partial charge >= 0.3 is 6.09 Å². The number of H-pyrrole nitrogens is 2. The van der Waals surface area contributed by atoms with Crippen LogP contribution in [-0.4, -0.2) is 112 Å². The first-order valence-corrected chi connectivity index (χ1v) is 29.5. The molecule has 0 spiro atoms. The molecule has 73 heavy (non-hydrogen) atoms. The Kier molecular flexibility index (Phi) is 21.7. The molecule has 2 aromatic rings. The van der Waals surface area contributed by atoms with Gasteiger partial charge in [0.2, 0.25) is 17.7 Å². The summed E-state index contributed by atoms with van der Waals surface area (Å²) in [5.74, 6) is 3.68. The molecule has 4 saturated carbocycles. The fourth-order valence-corrected chi connectivity index (χ4v) is 14.8. The van der Waals surface area contributed by atoms with Gasteiger partial charge < -0.3 is 35.6 Å². The molecule has 7 rings (SSSR count). The number of carbonyl (C=O) groups is 4. The van der Waals surface area contributed by atoms with Crippen LogP contribution >= 0.6 is 0 Å². The lowest BCUT2D eigenvalue weighted by atomic mass is 9.44. The van der Waals surface area contributed by atoms with Crippen molar-refractivity contribution in [3.8, 4) is 0 Å². The number of imidazole rings is 2. The van der Waals surface area contributed by atoms with E-state index in [1.54, 1.807) is 29.8 Å². The normalized spacial score (nSPS) is 29.2. The van der Waals surface area contributed by atoms with Crippen molar-refractivity contribution in [3.63, 3.8) is 0 Å². The molecule has 5 aliphatic rings. The zero-order chi connectivity index (χ0) is 51.6. The van der Waals surface area contributed by atoms with Crippen LogP contribution in [0.1, 0.15) is 199 Å². The minimum atomic E-state index is -0.690. The van der Waals surface area contributed by atoms with Crippen molar-refractivity contribution in [1.29, 1.82) is 0 Å². The monoisotopic (exact) mass is 1010 g/mol. The molecule has 6 unspecified atom stereocenters. The average Bonchev–Trinajstić information content (AvgIpc) is 4.22. The number of rotatable bonds is 29. The number of aromatic nitrogens is 4. The predicted octanol–water partition coefficient (Wildman–Crippen LogP) is 10.6. The van der Waals surface area contributed by atoms with Crippen molar-refractivity contribution < 1.29 is 23.9 Å². The van der Waals surface area contributed by atoms with Crippen molar-refractivity contribution >= 4 is 23.8 Å². The van der Waals surface area contributed by atoms with E-state index in [1.165, 1.54) is 116 Å². The Hall–Kier alpha value is -4.20. The van der Waals surface area contributed by atoms with Gasteiger partial charge in [-0.05, 0) is 157 Å². The van der Waals surface area contributed by atoms with Gasteiger partial charge in [0.15, 0.2) is 0 Å². The first-order valence-electron chi connectivity index (χ1n) is 29.5. The number of alkyl carbamates (subject to hydrolysis) is 1. The first-order chi connectivity index (χ1) is 35.4. The van der Waals surface area contributed by atoms with E-state index in [1.807, 2.05) is 19.0 Å². The maximum absolute atomic E-state index is 14.3. The molecule has 0 aromatic carbocycles. The maximum Gasteiger partial charge on any atom is 0.407 e. The highest BCUT2D eigenvalue weighted by Gasteiger charge is 2.60. The highest BCUT2D eigenvalue weighted by molar-refractivity contribution is 5.91. The highest BCUT2D eigenvalue weighted by Crippen LogP contribution is 2.68. The average molecular weight is 1010 g/mol. The lowest BCUT2D eigenvalue weighted by Crippen LogP contribution is -2.54. The van der Waals surface area contributed by atoms with Gasteiger partial charge in [0, 0.05) is 69.2 Å². The molecule has 1 saturated heterocycles. The number of unbranched alkanes of at least 4 members (excludes halogenated alkanes) is 12. The Morgan fingerprint density at radius 1 is 0.836 bits per heavy atom. The summed E-state index contributed by atoms with van der Waals surface area (Å²) >= 11 is 0. The van der Waals surface area contributed by atoms with E-state index in [4.69, 9.17) is 4.74 Å². The third kappa shape index (κ3) is 15.5. The minimum absolute atomic E-state index is 0.0118. The van der Waals surface area contributed by atoms with Gasteiger partial charge in [-0.1, -0.05) is 90.7 Å². The van der Waals surface area contributed by atoms with Crippen LogP contribution in [0.25, 0.3) is 0 Å². The molecular formula is C59H97N9O5.